The van der Waals surface area contributed by atoms with Crippen molar-refractivity contribution in [1.82, 2.24) is 13.3 Å². The highest BCUT2D eigenvalue weighted by Crippen LogP contribution is 2.05. The molecular formula is C8H12N6O2S. The van der Waals surface area contributed by atoms with Crippen molar-refractivity contribution in [2.24, 2.45) is 5.11 Å². The van der Waals surface area contributed by atoms with Gasteiger partial charge in [-0.2, -0.15) is 12.7 Å². The van der Waals surface area contributed by atoms with Gasteiger partial charge in [-0.1, -0.05) is 11.2 Å². The van der Waals surface area contributed by atoms with E-state index >= 15 is 0 Å². The number of azide groups is 1. The molecule has 1 heterocycles. The third-order valence-corrected chi connectivity index (χ3v) is 3.50. The maximum Gasteiger partial charge on any atom is 0.308 e. The molecule has 1 aromatic rings. The zero-order chi connectivity index (χ0) is 12.9. The summed E-state index contributed by atoms with van der Waals surface area (Å²) in [6.07, 6.45) is 5.76. The van der Waals surface area contributed by atoms with Gasteiger partial charge >= 0.3 is 10.2 Å². The van der Waals surface area contributed by atoms with Crippen LogP contribution in [-0.4, -0.2) is 42.3 Å². The Morgan fingerprint density at radius 3 is 2.94 bits per heavy atom. The van der Waals surface area contributed by atoms with Gasteiger partial charge in [-0.25, -0.2) is 8.96 Å². The van der Waals surface area contributed by atoms with Crippen LogP contribution in [0.4, 0.5) is 0 Å². The fraction of sp³-hybridized carbons (Fsp3) is 0.375. The van der Waals surface area contributed by atoms with Gasteiger partial charge in [0.15, 0.2) is 0 Å². The third kappa shape index (κ3) is 3.31. The van der Waals surface area contributed by atoms with E-state index in [1.807, 2.05) is 0 Å². The van der Waals surface area contributed by atoms with Crippen molar-refractivity contribution in [1.29, 1.82) is 0 Å². The van der Waals surface area contributed by atoms with Crippen LogP contribution in [0.25, 0.3) is 16.5 Å². The average molecular weight is 256 g/mol. The van der Waals surface area contributed by atoms with Crippen LogP contribution in [-0.2, 0) is 10.2 Å². The molecule has 0 atom stereocenters. The Bertz CT molecular complexity index is 552. The molecule has 0 radical (unpaired) electrons. The Hall–Kier alpha value is -1.83. The highest BCUT2D eigenvalue weighted by molar-refractivity contribution is 7.87. The van der Waals surface area contributed by atoms with Gasteiger partial charge in [0.25, 0.3) is 0 Å². The smallest absolute Gasteiger partial charge is 0.236 e. The van der Waals surface area contributed by atoms with Crippen molar-refractivity contribution < 1.29 is 8.42 Å². The van der Waals surface area contributed by atoms with E-state index in [4.69, 9.17) is 5.53 Å². The van der Waals surface area contributed by atoms with E-state index in [9.17, 15) is 8.42 Å². The molecule has 0 N–H and O–H groups in total. The van der Waals surface area contributed by atoms with Crippen molar-refractivity contribution in [2.45, 2.75) is 0 Å². The van der Waals surface area contributed by atoms with Gasteiger partial charge in [-0.15, -0.1) is 0 Å². The second-order valence-electron chi connectivity index (χ2n) is 3.23. The van der Waals surface area contributed by atoms with Crippen LogP contribution in [0.15, 0.2) is 23.7 Å². The second kappa shape index (κ2) is 5.48. The summed E-state index contributed by atoms with van der Waals surface area (Å²) in [5.74, 6) is 0. The van der Waals surface area contributed by atoms with E-state index in [0.717, 1.165) is 8.28 Å². The number of hydrogen-bond acceptors (Lipinski definition) is 4. The predicted molar refractivity (Wildman–Crippen MR) is 63.3 cm³/mol. The van der Waals surface area contributed by atoms with E-state index in [1.165, 1.54) is 26.6 Å². The standard InChI is InChI=1S/C8H12N6O2S/c1-13(2)17(15,16)14-6-8(10-7-14)4-3-5-11-12-9/h3-4,6-7H,5H2,1-2H3/b4-3+. The van der Waals surface area contributed by atoms with Gasteiger partial charge in [0, 0.05) is 31.7 Å². The van der Waals surface area contributed by atoms with E-state index in [-0.39, 0.29) is 6.54 Å². The van der Waals surface area contributed by atoms with Gasteiger partial charge in [0.1, 0.15) is 6.33 Å². The van der Waals surface area contributed by atoms with Gasteiger partial charge in [-0.3, -0.25) is 0 Å². The summed E-state index contributed by atoms with van der Waals surface area (Å²) in [5.41, 5.74) is 8.53. The highest BCUT2D eigenvalue weighted by atomic mass is 32.2. The minimum Gasteiger partial charge on any atom is -0.236 e. The lowest BCUT2D eigenvalue weighted by Crippen LogP contribution is -2.27. The molecule has 0 aliphatic carbocycles. The molecular weight excluding hydrogens is 244 g/mol. The molecule has 0 spiro atoms. The molecule has 0 aromatic carbocycles. The normalized spacial score (nSPS) is 11.9. The number of imidazole rings is 1. The largest absolute Gasteiger partial charge is 0.308 e. The summed E-state index contributed by atoms with van der Waals surface area (Å²) in [5, 5.41) is 3.30. The van der Waals surface area contributed by atoms with Crippen molar-refractivity contribution >= 4 is 16.3 Å². The van der Waals surface area contributed by atoms with E-state index in [2.05, 4.69) is 15.0 Å². The van der Waals surface area contributed by atoms with E-state index in [1.54, 1.807) is 12.2 Å². The summed E-state index contributed by atoms with van der Waals surface area (Å²) >= 11 is 0. The van der Waals surface area contributed by atoms with Crippen LogP contribution in [0.1, 0.15) is 5.69 Å². The van der Waals surface area contributed by atoms with Crippen LogP contribution in [0.5, 0.6) is 0 Å². The first-order valence-electron chi connectivity index (χ1n) is 4.63. The quantitative estimate of drug-likeness (QED) is 0.443. The Morgan fingerprint density at radius 2 is 2.35 bits per heavy atom. The number of nitrogens with zero attached hydrogens (tertiary/aromatic N) is 6. The summed E-state index contributed by atoms with van der Waals surface area (Å²) in [6, 6.07) is 0. The Morgan fingerprint density at radius 1 is 1.65 bits per heavy atom. The molecule has 92 valence electrons. The minimum absolute atomic E-state index is 0.198. The van der Waals surface area contributed by atoms with Crippen molar-refractivity contribution in [3.8, 4) is 0 Å². The van der Waals surface area contributed by atoms with E-state index < -0.39 is 10.2 Å². The van der Waals surface area contributed by atoms with Crippen LogP contribution in [0.2, 0.25) is 0 Å². The van der Waals surface area contributed by atoms with Crippen LogP contribution >= 0.6 is 0 Å². The molecule has 8 nitrogen and oxygen atoms in total. The van der Waals surface area contributed by atoms with Crippen molar-refractivity contribution in [3.05, 3.63) is 34.7 Å². The third-order valence-electron chi connectivity index (χ3n) is 1.85. The maximum absolute atomic E-state index is 11.7. The lowest BCUT2D eigenvalue weighted by Gasteiger charge is -2.10. The van der Waals surface area contributed by atoms with Crippen LogP contribution in [0, 0.1) is 0 Å². The minimum atomic E-state index is -3.52. The molecule has 0 fully saturated rings. The number of hydrogen-bond donors (Lipinski definition) is 0. The van der Waals surface area contributed by atoms with Gasteiger partial charge in [-0.05, 0) is 11.6 Å². The summed E-state index contributed by atoms with van der Waals surface area (Å²) in [4.78, 5) is 6.48. The molecule has 0 bridgehead atoms. The Labute approximate surface area is 99.0 Å². The molecule has 0 aliphatic rings. The van der Waals surface area contributed by atoms with Crippen molar-refractivity contribution in [3.63, 3.8) is 0 Å². The topological polar surface area (TPSA) is 104 Å². The molecule has 9 heteroatoms. The number of aromatic nitrogens is 2. The lowest BCUT2D eigenvalue weighted by molar-refractivity contribution is 0.510. The first-order valence-corrected chi connectivity index (χ1v) is 6.02. The molecule has 0 amide bonds. The maximum atomic E-state index is 11.7. The van der Waals surface area contributed by atoms with Gasteiger partial charge in [0.2, 0.25) is 0 Å². The second-order valence-corrected chi connectivity index (χ2v) is 5.28. The summed E-state index contributed by atoms with van der Waals surface area (Å²) < 4.78 is 25.5. The van der Waals surface area contributed by atoms with E-state index in [0.29, 0.717) is 5.69 Å². The Kier molecular flexibility index (Phi) is 4.27. The monoisotopic (exact) mass is 256 g/mol. The van der Waals surface area contributed by atoms with Crippen LogP contribution in [0.3, 0.4) is 0 Å². The first-order chi connectivity index (χ1) is 7.98. The number of rotatable bonds is 5. The molecule has 0 saturated carbocycles. The lowest BCUT2D eigenvalue weighted by atomic mass is 10.4. The molecule has 0 unspecified atom stereocenters. The molecule has 1 aromatic heterocycles. The predicted octanol–water partition coefficient (Wildman–Crippen LogP) is 0.861. The SMILES string of the molecule is CN(C)S(=O)(=O)n1cnc(/C=C/CN=[N+]=[N-])c1. The fourth-order valence-corrected chi connectivity index (χ4v) is 1.76. The van der Waals surface area contributed by atoms with Crippen molar-refractivity contribution in [2.75, 3.05) is 20.6 Å². The van der Waals surface area contributed by atoms with Crippen LogP contribution < -0.4 is 0 Å². The molecule has 1 rings (SSSR count). The highest BCUT2D eigenvalue weighted by Gasteiger charge is 2.15. The fourth-order valence-electron chi connectivity index (χ4n) is 0.979. The van der Waals surface area contributed by atoms with Gasteiger partial charge < -0.3 is 0 Å². The van der Waals surface area contributed by atoms with Gasteiger partial charge in [0.05, 0.1) is 5.69 Å². The summed E-state index contributed by atoms with van der Waals surface area (Å²) in [7, 11) is -0.646. The summed E-state index contributed by atoms with van der Waals surface area (Å²) in [6.45, 7) is 0.198. The zero-order valence-corrected chi connectivity index (χ0v) is 10.2. The Balaban J connectivity index is 2.86. The first kappa shape index (κ1) is 13.2. The zero-order valence-electron chi connectivity index (χ0n) is 9.42. The molecule has 0 aliphatic heterocycles. The molecule has 0 saturated heterocycles. The molecule has 17 heavy (non-hydrogen) atoms. The average Bonchev–Trinajstić information content (AvgIpc) is 2.73.